The van der Waals surface area contributed by atoms with E-state index in [-0.39, 0.29) is 41.6 Å². The zero-order valence-electron chi connectivity index (χ0n) is 22.8. The van der Waals surface area contributed by atoms with Crippen LogP contribution in [0.3, 0.4) is 0 Å². The van der Waals surface area contributed by atoms with Crippen molar-refractivity contribution in [2.45, 2.75) is 52.2 Å². The lowest BCUT2D eigenvalue weighted by Crippen LogP contribution is -2.57. The highest BCUT2D eigenvalue weighted by Gasteiger charge is 2.59. The summed E-state index contributed by atoms with van der Waals surface area (Å²) < 4.78 is 0. The van der Waals surface area contributed by atoms with Crippen molar-refractivity contribution in [2.24, 2.45) is 23.0 Å². The highest BCUT2D eigenvalue weighted by molar-refractivity contribution is 6.24. The van der Waals surface area contributed by atoms with Gasteiger partial charge in [-0.3, -0.25) is 14.4 Å². The molecule has 0 aromatic heterocycles. The highest BCUT2D eigenvalue weighted by atomic mass is 16.3. The molecule has 0 heterocycles. The van der Waals surface area contributed by atoms with Gasteiger partial charge in [-0.1, -0.05) is 20.8 Å². The van der Waals surface area contributed by atoms with Crippen molar-refractivity contribution in [3.05, 3.63) is 45.4 Å². The minimum atomic E-state index is -2.57. The number of fused-ring (bicyclic) bond motifs is 3. The highest BCUT2D eigenvalue weighted by Crippen LogP contribution is 2.52. The fourth-order valence-electron chi connectivity index (χ4n) is 6.40. The Labute approximate surface area is 222 Å². The van der Waals surface area contributed by atoms with Crippen LogP contribution in [0.2, 0.25) is 0 Å². The van der Waals surface area contributed by atoms with Gasteiger partial charge in [-0.15, -0.1) is 0 Å². The van der Waals surface area contributed by atoms with Crippen molar-refractivity contribution in [1.82, 2.24) is 4.90 Å². The fourth-order valence-corrected chi connectivity index (χ4v) is 6.40. The minimum Gasteiger partial charge on any atom is -0.511 e. The number of allylic oxidation sites excluding steroid dienone is 2. The molecule has 3 aliphatic carbocycles. The van der Waals surface area contributed by atoms with E-state index >= 15 is 0 Å². The third-order valence-electron chi connectivity index (χ3n) is 7.78. The number of benzene rings is 1. The molecule has 206 valence electrons. The molecule has 3 aliphatic rings. The summed E-state index contributed by atoms with van der Waals surface area (Å²) in [6.45, 7) is 7.42. The average molecular weight is 528 g/mol. The molecule has 0 radical (unpaired) electrons. The van der Waals surface area contributed by atoms with Crippen molar-refractivity contribution >= 4 is 23.2 Å². The Morgan fingerprint density at radius 1 is 1.13 bits per heavy atom. The van der Waals surface area contributed by atoms with Crippen molar-refractivity contribution in [3.63, 3.8) is 0 Å². The smallest absolute Gasteiger partial charge is 0.255 e. The van der Waals surface area contributed by atoms with Crippen LogP contribution in [0.1, 0.15) is 55.1 Å². The van der Waals surface area contributed by atoms with Gasteiger partial charge in [-0.2, -0.15) is 0 Å². The zero-order valence-corrected chi connectivity index (χ0v) is 22.8. The first-order valence-electron chi connectivity index (χ1n) is 12.7. The lowest BCUT2D eigenvalue weighted by Gasteiger charge is -2.46. The topological polar surface area (TPSA) is 165 Å². The van der Waals surface area contributed by atoms with Gasteiger partial charge in [0.25, 0.3) is 5.91 Å². The third-order valence-corrected chi connectivity index (χ3v) is 7.78. The molecule has 1 aromatic carbocycles. The summed E-state index contributed by atoms with van der Waals surface area (Å²) in [6.07, 6.45) is 0.125. The Bertz CT molecular complexity index is 1300. The summed E-state index contributed by atoms with van der Waals surface area (Å²) in [5.41, 5.74) is 3.71. The van der Waals surface area contributed by atoms with Crippen LogP contribution >= 0.6 is 0 Å². The molecule has 10 heteroatoms. The Morgan fingerprint density at radius 3 is 2.32 bits per heavy atom. The number of hydrogen-bond acceptors (Lipinski definition) is 9. The first-order chi connectivity index (χ1) is 17.5. The number of hydrogen-bond donors (Lipinski definition) is 5. The van der Waals surface area contributed by atoms with Gasteiger partial charge in [0.05, 0.1) is 5.56 Å². The van der Waals surface area contributed by atoms with Crippen molar-refractivity contribution in [1.29, 1.82) is 0 Å². The van der Waals surface area contributed by atoms with Crippen LogP contribution in [-0.4, -0.2) is 76.1 Å². The van der Waals surface area contributed by atoms with Crippen LogP contribution in [0.15, 0.2) is 28.7 Å². The molecule has 38 heavy (non-hydrogen) atoms. The molecule has 1 aromatic rings. The summed E-state index contributed by atoms with van der Waals surface area (Å²) in [5, 5.41) is 44.3. The molecule has 6 N–H and O–H groups in total. The molecule has 3 atom stereocenters. The summed E-state index contributed by atoms with van der Waals surface area (Å²) in [5.74, 6) is -6.22. The second kappa shape index (κ2) is 9.13. The Balaban J connectivity index is 1.86. The van der Waals surface area contributed by atoms with Crippen LogP contribution in [0.25, 0.3) is 0 Å². The molecule has 4 rings (SSSR count). The maximum absolute atomic E-state index is 13.9. The largest absolute Gasteiger partial charge is 0.511 e. The van der Waals surface area contributed by atoms with E-state index in [1.54, 1.807) is 0 Å². The number of ketones is 2. The maximum atomic E-state index is 13.9. The number of Topliss-reactive ketones (excluding diaryl/α,β-unsaturated/α-hetero) is 2. The van der Waals surface area contributed by atoms with E-state index in [0.29, 0.717) is 17.7 Å². The standard InChI is InChI=1S/C28H37N3O7/c1-27(2,3)12-31(6)11-14-9-17(30(4)5)16-8-13-7-15-10-18(32)21(26(29)37)25(36)28(15,38)24(35)19(13)23(34)20(16)22(14)33/h9,13,15,32-33,35,38H,7-8,10-12H2,1-6H3,(H2,29,37)/t13-,15+,28+/m1/s1. The Hall–Kier alpha value is -3.37. The van der Waals surface area contributed by atoms with E-state index in [1.807, 2.05) is 37.0 Å². The number of rotatable bonds is 5. The van der Waals surface area contributed by atoms with Crippen LogP contribution in [0.4, 0.5) is 5.69 Å². The van der Waals surface area contributed by atoms with Crippen LogP contribution < -0.4 is 10.6 Å². The lowest BCUT2D eigenvalue weighted by atomic mass is 9.60. The predicted molar refractivity (Wildman–Crippen MR) is 141 cm³/mol. The third kappa shape index (κ3) is 4.25. The van der Waals surface area contributed by atoms with Crippen molar-refractivity contribution in [3.8, 4) is 5.75 Å². The van der Waals surface area contributed by atoms with Gasteiger partial charge in [-0.05, 0) is 42.9 Å². The van der Waals surface area contributed by atoms with E-state index in [4.69, 9.17) is 5.73 Å². The van der Waals surface area contributed by atoms with E-state index < -0.39 is 52.0 Å². The number of phenolic OH excluding ortho intramolecular Hbond substituents is 1. The number of phenols is 1. The second-order valence-corrected chi connectivity index (χ2v) is 12.3. The van der Waals surface area contributed by atoms with Gasteiger partial charge in [-0.25, -0.2) is 0 Å². The van der Waals surface area contributed by atoms with Gasteiger partial charge in [0.1, 0.15) is 22.8 Å². The Morgan fingerprint density at radius 2 is 1.76 bits per heavy atom. The van der Waals surface area contributed by atoms with Crippen LogP contribution in [0.5, 0.6) is 5.75 Å². The monoisotopic (exact) mass is 527 g/mol. The molecular formula is C28H37N3O7. The molecule has 0 bridgehead atoms. The maximum Gasteiger partial charge on any atom is 0.255 e. The summed E-state index contributed by atoms with van der Waals surface area (Å²) in [7, 11) is 5.61. The van der Waals surface area contributed by atoms with E-state index in [0.717, 1.165) is 12.2 Å². The fraction of sp³-hybridized carbons (Fsp3) is 0.536. The first kappa shape index (κ1) is 27.7. The van der Waals surface area contributed by atoms with Crippen molar-refractivity contribution < 1.29 is 34.8 Å². The summed E-state index contributed by atoms with van der Waals surface area (Å²) in [6, 6.07) is 1.87. The second-order valence-electron chi connectivity index (χ2n) is 12.3. The molecular weight excluding hydrogens is 490 g/mol. The van der Waals surface area contributed by atoms with Gasteiger partial charge < -0.3 is 36.0 Å². The Kier molecular flexibility index (Phi) is 6.64. The number of carbonyl (C=O) groups excluding carboxylic acids is 3. The molecule has 0 saturated carbocycles. The molecule has 0 spiro atoms. The molecule has 0 fully saturated rings. The van der Waals surface area contributed by atoms with Crippen LogP contribution in [-0.2, 0) is 22.6 Å². The van der Waals surface area contributed by atoms with Crippen molar-refractivity contribution in [2.75, 3.05) is 32.6 Å². The lowest BCUT2D eigenvalue weighted by molar-refractivity contribution is -0.144. The quantitative estimate of drug-likeness (QED) is 0.361. The molecule has 1 amide bonds. The predicted octanol–water partition coefficient (Wildman–Crippen LogP) is 2.12. The molecule has 10 nitrogen and oxygen atoms in total. The molecule has 0 unspecified atom stereocenters. The number of aliphatic hydroxyl groups excluding tert-OH is 2. The van der Waals surface area contributed by atoms with E-state index in [1.165, 1.54) is 0 Å². The number of carbonyl (C=O) groups is 3. The van der Waals surface area contributed by atoms with E-state index in [9.17, 15) is 34.8 Å². The minimum absolute atomic E-state index is 0.00978. The van der Waals surface area contributed by atoms with E-state index in [2.05, 4.69) is 20.8 Å². The summed E-state index contributed by atoms with van der Waals surface area (Å²) >= 11 is 0. The first-order valence-corrected chi connectivity index (χ1v) is 12.7. The zero-order chi connectivity index (χ0) is 28.5. The summed E-state index contributed by atoms with van der Waals surface area (Å²) in [4.78, 5) is 42.8. The normalized spacial score (nSPS) is 25.4. The molecule has 0 saturated heterocycles. The number of nitrogens with two attached hydrogens (primary N) is 1. The number of aromatic hydroxyl groups is 1. The van der Waals surface area contributed by atoms with Gasteiger partial charge in [0.15, 0.2) is 11.4 Å². The SMILES string of the molecule is CN(Cc1cc(N(C)C)c2c(c1O)C(=O)C1=C(O)[C@]3(O)C(=O)C(C(N)=O)=C(O)C[C@@H]3C[C@@H]1C2)CC(C)(C)C. The number of primary amides is 1. The van der Waals surface area contributed by atoms with Crippen LogP contribution in [0, 0.1) is 17.3 Å². The number of anilines is 1. The van der Waals surface area contributed by atoms with Gasteiger partial charge >= 0.3 is 0 Å². The van der Waals surface area contributed by atoms with Gasteiger partial charge in [0.2, 0.25) is 5.78 Å². The number of amides is 1. The average Bonchev–Trinajstić information content (AvgIpc) is 2.76. The molecule has 0 aliphatic heterocycles. The van der Waals surface area contributed by atoms with Gasteiger partial charge in [0, 0.05) is 56.3 Å². The number of aliphatic hydroxyl groups is 3. The number of nitrogens with zero attached hydrogens (tertiary/aromatic N) is 2.